The van der Waals surface area contributed by atoms with Crippen molar-refractivity contribution in [2.45, 2.75) is 19.0 Å². The lowest BCUT2D eigenvalue weighted by molar-refractivity contribution is -0.135. The summed E-state index contributed by atoms with van der Waals surface area (Å²) in [7, 11) is 0. The minimum atomic E-state index is -0.990. The lowest BCUT2D eigenvalue weighted by Gasteiger charge is -2.31. The highest BCUT2D eigenvalue weighted by molar-refractivity contribution is 5.99. The summed E-state index contributed by atoms with van der Waals surface area (Å²) in [4.78, 5) is 27.0. The van der Waals surface area contributed by atoms with Crippen molar-refractivity contribution in [2.24, 2.45) is 0 Å². The molecule has 3 N–H and O–H groups in total. The van der Waals surface area contributed by atoms with Gasteiger partial charge in [-0.3, -0.25) is 9.59 Å². The van der Waals surface area contributed by atoms with E-state index in [1.807, 2.05) is 18.2 Å². The van der Waals surface area contributed by atoms with Gasteiger partial charge in [0.15, 0.2) is 0 Å². The molecule has 0 saturated heterocycles. The fourth-order valence-corrected chi connectivity index (χ4v) is 3.31. The fourth-order valence-electron chi connectivity index (χ4n) is 3.31. The van der Waals surface area contributed by atoms with E-state index in [4.69, 9.17) is 0 Å². The number of nitrogens with zero attached hydrogens (tertiary/aromatic N) is 3. The van der Waals surface area contributed by atoms with Crippen LogP contribution in [0.2, 0.25) is 0 Å². The maximum absolute atomic E-state index is 12.8. The Morgan fingerprint density at radius 1 is 1.15 bits per heavy atom. The molecule has 8 nitrogen and oxygen atoms in total. The number of hydrogen-bond donors (Lipinski definition) is 3. The van der Waals surface area contributed by atoms with E-state index >= 15 is 0 Å². The lowest BCUT2D eigenvalue weighted by atomic mass is 9.99. The zero-order valence-corrected chi connectivity index (χ0v) is 14.6. The highest BCUT2D eigenvalue weighted by Crippen LogP contribution is 2.19. The number of hydrogen-bond acceptors (Lipinski definition) is 5. The Balaban J connectivity index is 1.46. The lowest BCUT2D eigenvalue weighted by Crippen LogP contribution is -2.51. The summed E-state index contributed by atoms with van der Waals surface area (Å²) in [6.07, 6.45) is 0.761. The van der Waals surface area contributed by atoms with E-state index in [-0.39, 0.29) is 5.91 Å². The molecule has 27 heavy (non-hydrogen) atoms. The molecule has 2 aromatic carbocycles. The molecule has 3 aromatic rings. The van der Waals surface area contributed by atoms with Gasteiger partial charge in [-0.25, -0.2) is 0 Å². The normalized spacial score (nSPS) is 14.6. The first-order valence-corrected chi connectivity index (χ1v) is 8.73. The van der Waals surface area contributed by atoms with Gasteiger partial charge < -0.3 is 15.3 Å². The number of H-pyrrole nitrogens is 1. The topological polar surface area (TPSA) is 111 Å². The number of carbonyl (C=O) groups is 2. The van der Waals surface area contributed by atoms with Crippen LogP contribution in [0.5, 0.6) is 0 Å². The van der Waals surface area contributed by atoms with E-state index in [0.717, 1.165) is 12.0 Å². The Hall–Kier alpha value is -3.26. The van der Waals surface area contributed by atoms with Crippen LogP contribution in [0, 0.1) is 0 Å². The molecule has 4 rings (SSSR count). The van der Waals surface area contributed by atoms with Crippen molar-refractivity contribution in [1.82, 2.24) is 25.6 Å². The zero-order valence-electron chi connectivity index (χ0n) is 14.6. The summed E-state index contributed by atoms with van der Waals surface area (Å²) in [5.74, 6) is -0.729. The van der Waals surface area contributed by atoms with Crippen molar-refractivity contribution in [3.63, 3.8) is 0 Å². The first-order valence-electron chi connectivity index (χ1n) is 8.73. The molecule has 1 aromatic heterocycles. The van der Waals surface area contributed by atoms with E-state index in [1.165, 1.54) is 5.56 Å². The molecule has 1 aliphatic heterocycles. The van der Waals surface area contributed by atoms with Crippen molar-refractivity contribution in [3.8, 4) is 0 Å². The molecular weight excluding hydrogens is 346 g/mol. The maximum atomic E-state index is 12.8. The molecule has 0 spiro atoms. The van der Waals surface area contributed by atoms with Crippen molar-refractivity contribution in [2.75, 3.05) is 13.2 Å². The molecule has 1 atom stereocenters. The van der Waals surface area contributed by atoms with Crippen LogP contribution in [-0.2, 0) is 17.8 Å². The van der Waals surface area contributed by atoms with Gasteiger partial charge in [-0.15, -0.1) is 0 Å². The highest BCUT2D eigenvalue weighted by atomic mass is 16.3. The van der Waals surface area contributed by atoms with Crippen molar-refractivity contribution < 1.29 is 14.7 Å². The van der Waals surface area contributed by atoms with Crippen LogP contribution in [0.25, 0.3) is 11.0 Å². The minimum Gasteiger partial charge on any atom is -0.394 e. The number of carbonyl (C=O) groups excluding carboxylic acids is 2. The summed E-state index contributed by atoms with van der Waals surface area (Å²) in [5.41, 5.74) is 3.88. The van der Waals surface area contributed by atoms with Gasteiger partial charge in [-0.2, -0.15) is 15.4 Å². The van der Waals surface area contributed by atoms with Crippen LogP contribution in [0.15, 0.2) is 42.5 Å². The zero-order chi connectivity index (χ0) is 18.8. The van der Waals surface area contributed by atoms with Gasteiger partial charge in [0.2, 0.25) is 5.91 Å². The average Bonchev–Trinajstić information content (AvgIpc) is 3.18. The largest absolute Gasteiger partial charge is 0.394 e. The first kappa shape index (κ1) is 17.2. The van der Waals surface area contributed by atoms with Crippen LogP contribution < -0.4 is 5.32 Å². The molecular formula is C19H19N5O3. The van der Waals surface area contributed by atoms with E-state index < -0.39 is 18.6 Å². The van der Waals surface area contributed by atoms with Crippen molar-refractivity contribution in [1.29, 1.82) is 0 Å². The number of aromatic nitrogens is 3. The molecule has 2 heterocycles. The fraction of sp³-hybridized carbons (Fsp3) is 0.263. The van der Waals surface area contributed by atoms with Crippen LogP contribution in [0.3, 0.4) is 0 Å². The highest BCUT2D eigenvalue weighted by Gasteiger charge is 2.28. The molecule has 0 bridgehead atoms. The monoisotopic (exact) mass is 365 g/mol. The van der Waals surface area contributed by atoms with Gasteiger partial charge in [0.1, 0.15) is 17.1 Å². The number of aliphatic hydroxyl groups is 1. The molecule has 0 fully saturated rings. The van der Waals surface area contributed by atoms with E-state index in [1.54, 1.807) is 23.1 Å². The third kappa shape index (κ3) is 3.39. The maximum Gasteiger partial charge on any atom is 0.252 e. The summed E-state index contributed by atoms with van der Waals surface area (Å²) >= 11 is 0. The molecule has 2 amide bonds. The Bertz CT molecular complexity index is 1000. The molecule has 0 radical (unpaired) electrons. The molecule has 1 aliphatic rings. The SMILES string of the molecule is O=C(N[C@@H](CO)C(=O)N1CCc2ccccc2C1)c1ccc2n[nH]nc2c1. The van der Waals surface area contributed by atoms with Crippen molar-refractivity contribution >= 4 is 22.8 Å². The average molecular weight is 365 g/mol. The van der Waals surface area contributed by atoms with Gasteiger partial charge in [0, 0.05) is 18.7 Å². The van der Waals surface area contributed by atoms with E-state index in [2.05, 4.69) is 26.8 Å². The third-order valence-corrected chi connectivity index (χ3v) is 4.81. The van der Waals surface area contributed by atoms with Crippen LogP contribution in [0.1, 0.15) is 21.5 Å². The summed E-state index contributed by atoms with van der Waals surface area (Å²) < 4.78 is 0. The Labute approximate surface area is 155 Å². The summed E-state index contributed by atoms with van der Waals surface area (Å²) in [6.45, 7) is 0.578. The number of benzene rings is 2. The van der Waals surface area contributed by atoms with Crippen molar-refractivity contribution in [3.05, 3.63) is 59.2 Å². The third-order valence-electron chi connectivity index (χ3n) is 4.81. The van der Waals surface area contributed by atoms with Gasteiger partial charge in [0.05, 0.1) is 6.61 Å². The van der Waals surface area contributed by atoms with Crippen LogP contribution in [0.4, 0.5) is 0 Å². The second-order valence-electron chi connectivity index (χ2n) is 6.51. The van der Waals surface area contributed by atoms with E-state index in [9.17, 15) is 14.7 Å². The second-order valence-corrected chi connectivity index (χ2v) is 6.51. The predicted molar refractivity (Wildman–Crippen MR) is 97.8 cm³/mol. The second kappa shape index (κ2) is 7.16. The standard InChI is InChI=1S/C19H19N5O3/c25-11-17(19(27)24-8-7-12-3-1-2-4-14(12)10-24)20-18(26)13-5-6-15-16(9-13)22-23-21-15/h1-6,9,17,25H,7-8,10-11H2,(H,20,26)(H,21,22,23)/t17-/m0/s1. The number of amides is 2. The van der Waals surface area contributed by atoms with Gasteiger partial charge in [0.25, 0.3) is 5.91 Å². The summed E-state index contributed by atoms with van der Waals surface area (Å²) in [6, 6.07) is 11.9. The molecule has 0 saturated carbocycles. The number of aliphatic hydroxyl groups excluding tert-OH is 1. The Morgan fingerprint density at radius 3 is 2.74 bits per heavy atom. The van der Waals surface area contributed by atoms with Gasteiger partial charge in [-0.1, -0.05) is 24.3 Å². The van der Waals surface area contributed by atoms with Crippen LogP contribution in [-0.4, -0.2) is 56.4 Å². The number of fused-ring (bicyclic) bond motifs is 2. The number of rotatable bonds is 4. The van der Waals surface area contributed by atoms with Gasteiger partial charge >= 0.3 is 0 Å². The predicted octanol–water partition coefficient (Wildman–Crippen LogP) is 0.633. The molecule has 138 valence electrons. The van der Waals surface area contributed by atoms with E-state index in [0.29, 0.717) is 29.7 Å². The smallest absolute Gasteiger partial charge is 0.252 e. The number of aromatic amines is 1. The Kier molecular flexibility index (Phi) is 4.55. The van der Waals surface area contributed by atoms with Crippen LogP contribution >= 0.6 is 0 Å². The number of nitrogens with one attached hydrogen (secondary N) is 2. The van der Waals surface area contributed by atoms with Gasteiger partial charge in [-0.05, 0) is 35.7 Å². The molecule has 0 aliphatic carbocycles. The quantitative estimate of drug-likeness (QED) is 0.628. The summed E-state index contributed by atoms with van der Waals surface area (Å²) in [5, 5.41) is 22.7. The Morgan fingerprint density at radius 2 is 1.93 bits per heavy atom. The first-order chi connectivity index (χ1) is 13.2. The minimum absolute atomic E-state index is 0.289. The molecule has 0 unspecified atom stereocenters. The molecule has 8 heteroatoms.